The van der Waals surface area contributed by atoms with Gasteiger partial charge < -0.3 is 10.5 Å². The van der Waals surface area contributed by atoms with Crippen molar-refractivity contribution in [1.82, 2.24) is 9.97 Å². The largest absolute Gasteiger partial charge is 0.369 e. The summed E-state index contributed by atoms with van der Waals surface area (Å²) in [4.78, 5) is 23.1. The molecule has 1 aliphatic rings. The first kappa shape index (κ1) is 14.8. The maximum Gasteiger partial charge on any atom is 0.224 e. The second-order valence-corrected chi connectivity index (χ2v) is 6.01. The van der Waals surface area contributed by atoms with E-state index in [2.05, 4.69) is 9.97 Å². The minimum absolute atomic E-state index is 0.329. The molecule has 1 unspecified atom stereocenters. The van der Waals surface area contributed by atoms with Crippen molar-refractivity contribution in [2.24, 2.45) is 5.73 Å². The first-order chi connectivity index (χ1) is 10.6. The average Bonchev–Trinajstić information content (AvgIpc) is 2.53. The number of nitrogens with two attached hydrogens (primary N) is 1. The summed E-state index contributed by atoms with van der Waals surface area (Å²) < 4.78 is 5.29. The smallest absolute Gasteiger partial charge is 0.224 e. The Hall–Kier alpha value is -2.12. The van der Waals surface area contributed by atoms with Crippen LogP contribution in [-0.4, -0.2) is 29.7 Å². The molecular weight excluding hydrogens is 300 g/mol. The summed E-state index contributed by atoms with van der Waals surface area (Å²) in [5.41, 5.74) is 7.28. The van der Waals surface area contributed by atoms with E-state index in [0.29, 0.717) is 6.73 Å². The average molecular weight is 316 g/mol. The maximum atomic E-state index is 11.4. The molecule has 2 N–H and O–H groups in total. The van der Waals surface area contributed by atoms with E-state index in [0.717, 1.165) is 27.0 Å². The number of benzene rings is 1. The molecule has 0 spiro atoms. The highest BCUT2D eigenvalue weighted by Crippen LogP contribution is 2.46. The maximum absolute atomic E-state index is 11.4. The Balaban J connectivity index is 2.06. The number of ether oxygens (including phenoxy) is 1. The molecule has 114 valence electrons. The second kappa shape index (κ2) is 5.94. The first-order valence-electron chi connectivity index (χ1n) is 6.80. The SMILES string of the molecule is COCN1c2ccc(C(C)C(N)=O)cc2Sc2nccnc21. The van der Waals surface area contributed by atoms with Gasteiger partial charge in [0.2, 0.25) is 5.91 Å². The van der Waals surface area contributed by atoms with Gasteiger partial charge in [-0.15, -0.1) is 0 Å². The monoisotopic (exact) mass is 316 g/mol. The van der Waals surface area contributed by atoms with Crippen LogP contribution in [0.15, 0.2) is 40.5 Å². The van der Waals surface area contributed by atoms with Gasteiger partial charge in [0.25, 0.3) is 0 Å². The molecule has 6 nitrogen and oxygen atoms in total. The topological polar surface area (TPSA) is 81.3 Å². The zero-order valence-electron chi connectivity index (χ0n) is 12.3. The lowest BCUT2D eigenvalue weighted by molar-refractivity contribution is -0.119. The van der Waals surface area contributed by atoms with Crippen LogP contribution in [0.5, 0.6) is 0 Å². The highest BCUT2D eigenvalue weighted by Gasteiger charge is 2.26. The number of anilines is 2. The predicted molar refractivity (Wildman–Crippen MR) is 84.2 cm³/mol. The van der Waals surface area contributed by atoms with Crippen molar-refractivity contribution in [2.75, 3.05) is 18.7 Å². The van der Waals surface area contributed by atoms with Crippen molar-refractivity contribution < 1.29 is 9.53 Å². The molecule has 2 heterocycles. The van der Waals surface area contributed by atoms with Crippen LogP contribution in [0, 0.1) is 0 Å². The Morgan fingerprint density at radius 2 is 2.18 bits per heavy atom. The minimum Gasteiger partial charge on any atom is -0.369 e. The highest BCUT2D eigenvalue weighted by molar-refractivity contribution is 7.99. The lowest BCUT2D eigenvalue weighted by Crippen LogP contribution is -2.25. The Kier molecular flexibility index (Phi) is 4.00. The molecule has 7 heteroatoms. The van der Waals surface area contributed by atoms with Crippen molar-refractivity contribution in [3.8, 4) is 0 Å². The zero-order chi connectivity index (χ0) is 15.7. The molecular formula is C15H16N4O2S. The number of methoxy groups -OCH3 is 1. The zero-order valence-corrected chi connectivity index (χ0v) is 13.1. The van der Waals surface area contributed by atoms with Gasteiger partial charge in [-0.05, 0) is 24.6 Å². The van der Waals surface area contributed by atoms with Gasteiger partial charge in [-0.25, -0.2) is 9.97 Å². The Labute approximate surface area is 132 Å². The number of fused-ring (bicyclic) bond motifs is 2. The summed E-state index contributed by atoms with van der Waals surface area (Å²) in [5.74, 6) is 0.109. The van der Waals surface area contributed by atoms with Crippen molar-refractivity contribution in [3.63, 3.8) is 0 Å². The number of primary amides is 1. The second-order valence-electron chi connectivity index (χ2n) is 4.98. The summed E-state index contributed by atoms with van der Waals surface area (Å²) >= 11 is 1.53. The molecule has 1 aromatic heterocycles. The molecule has 0 fully saturated rings. The van der Waals surface area contributed by atoms with E-state index < -0.39 is 0 Å². The van der Waals surface area contributed by atoms with E-state index in [-0.39, 0.29) is 11.8 Å². The van der Waals surface area contributed by atoms with Crippen LogP contribution >= 0.6 is 11.8 Å². The third-order valence-electron chi connectivity index (χ3n) is 3.57. The van der Waals surface area contributed by atoms with E-state index in [1.165, 1.54) is 11.8 Å². The van der Waals surface area contributed by atoms with Crippen molar-refractivity contribution in [2.45, 2.75) is 22.8 Å². The number of aromatic nitrogens is 2. The fraction of sp³-hybridized carbons (Fsp3) is 0.267. The number of amides is 1. The number of carbonyl (C=O) groups excluding carboxylic acids is 1. The van der Waals surface area contributed by atoms with E-state index in [1.807, 2.05) is 23.1 Å². The molecule has 0 saturated carbocycles. The van der Waals surface area contributed by atoms with Crippen molar-refractivity contribution >= 4 is 29.2 Å². The summed E-state index contributed by atoms with van der Waals surface area (Å²) in [7, 11) is 1.64. The molecule has 0 aliphatic carbocycles. The van der Waals surface area contributed by atoms with Crippen molar-refractivity contribution in [1.29, 1.82) is 0 Å². The lowest BCUT2D eigenvalue weighted by atomic mass is 10.0. The van der Waals surface area contributed by atoms with Crippen LogP contribution in [0.4, 0.5) is 11.5 Å². The molecule has 1 aliphatic heterocycles. The Morgan fingerprint density at radius 1 is 1.41 bits per heavy atom. The van der Waals surface area contributed by atoms with Gasteiger partial charge in [-0.1, -0.05) is 17.8 Å². The molecule has 22 heavy (non-hydrogen) atoms. The molecule has 2 aromatic rings. The normalized spacial score (nSPS) is 14.2. The van der Waals surface area contributed by atoms with Gasteiger partial charge >= 0.3 is 0 Å². The van der Waals surface area contributed by atoms with Crippen LogP contribution in [0.2, 0.25) is 0 Å². The van der Waals surface area contributed by atoms with Gasteiger partial charge in [0.1, 0.15) is 11.8 Å². The van der Waals surface area contributed by atoms with Crippen LogP contribution in [-0.2, 0) is 9.53 Å². The van der Waals surface area contributed by atoms with E-state index in [4.69, 9.17) is 10.5 Å². The van der Waals surface area contributed by atoms with Crippen LogP contribution < -0.4 is 10.6 Å². The van der Waals surface area contributed by atoms with Gasteiger partial charge in [0.05, 0.1) is 11.6 Å². The van der Waals surface area contributed by atoms with Crippen molar-refractivity contribution in [3.05, 3.63) is 36.2 Å². The summed E-state index contributed by atoms with van der Waals surface area (Å²) in [6, 6.07) is 5.86. The number of carbonyl (C=O) groups is 1. The third-order valence-corrected chi connectivity index (χ3v) is 4.60. The van der Waals surface area contributed by atoms with E-state index in [9.17, 15) is 4.79 Å². The Bertz CT molecular complexity index is 722. The van der Waals surface area contributed by atoms with Gasteiger partial charge in [0.15, 0.2) is 5.82 Å². The molecule has 0 bridgehead atoms. The summed E-state index contributed by atoms with van der Waals surface area (Å²) in [6.07, 6.45) is 3.33. The number of hydrogen-bond donors (Lipinski definition) is 1. The third kappa shape index (κ3) is 2.53. The van der Waals surface area contributed by atoms with Crippen LogP contribution in [0.1, 0.15) is 18.4 Å². The standard InChI is InChI=1S/C15H16N4O2S/c1-9(13(16)20)10-3-4-11-12(7-10)22-15-14(17-5-6-18-15)19(11)8-21-2/h3-7,9H,8H2,1-2H3,(H2,16,20). The molecule has 1 atom stereocenters. The van der Waals surface area contributed by atoms with Crippen LogP contribution in [0.3, 0.4) is 0 Å². The lowest BCUT2D eigenvalue weighted by Gasteiger charge is -2.30. The van der Waals surface area contributed by atoms with Gasteiger partial charge in [-0.2, -0.15) is 0 Å². The highest BCUT2D eigenvalue weighted by atomic mass is 32.2. The molecule has 0 saturated heterocycles. The molecule has 0 radical (unpaired) electrons. The van der Waals surface area contributed by atoms with Gasteiger partial charge in [0, 0.05) is 24.4 Å². The quantitative estimate of drug-likeness (QED) is 0.932. The number of nitrogens with zero attached hydrogens (tertiary/aromatic N) is 3. The summed E-state index contributed by atoms with van der Waals surface area (Å²) in [5, 5.41) is 0.816. The van der Waals surface area contributed by atoms with E-state index in [1.54, 1.807) is 26.4 Å². The molecule has 3 rings (SSSR count). The number of rotatable bonds is 4. The Morgan fingerprint density at radius 3 is 2.91 bits per heavy atom. The molecule has 1 amide bonds. The fourth-order valence-electron chi connectivity index (χ4n) is 2.32. The van der Waals surface area contributed by atoms with E-state index >= 15 is 0 Å². The molecule has 1 aromatic carbocycles. The predicted octanol–water partition coefficient (Wildman–Crippen LogP) is 2.27. The first-order valence-corrected chi connectivity index (χ1v) is 7.62. The van der Waals surface area contributed by atoms with Gasteiger partial charge in [-0.3, -0.25) is 9.69 Å². The number of hydrogen-bond acceptors (Lipinski definition) is 6. The fourth-order valence-corrected chi connectivity index (χ4v) is 3.38. The summed E-state index contributed by atoms with van der Waals surface area (Å²) in [6.45, 7) is 2.18. The minimum atomic E-state index is -0.338. The van der Waals surface area contributed by atoms with Crippen LogP contribution in [0.25, 0.3) is 0 Å².